The summed E-state index contributed by atoms with van der Waals surface area (Å²) in [5.74, 6) is -1.00. The largest absolute Gasteiger partial charge is 0.306 e. The number of fused-ring (bicyclic) bond motifs is 1. The molecule has 1 aliphatic carbocycles. The first-order valence-corrected chi connectivity index (χ1v) is 8.76. The Balaban J connectivity index is 1.73. The molecule has 0 fully saturated rings. The summed E-state index contributed by atoms with van der Waals surface area (Å²) in [6, 6.07) is 5.60. The van der Waals surface area contributed by atoms with Crippen LogP contribution in [-0.2, 0) is 12.8 Å². The monoisotopic (exact) mass is 387 g/mol. The molecule has 7 nitrogen and oxygen atoms in total. The van der Waals surface area contributed by atoms with Crippen molar-refractivity contribution in [2.45, 2.75) is 26.2 Å². The van der Waals surface area contributed by atoms with Crippen LogP contribution in [0.25, 0.3) is 5.95 Å². The minimum absolute atomic E-state index is 0.000602. The van der Waals surface area contributed by atoms with E-state index in [-0.39, 0.29) is 27.9 Å². The fraction of sp³-hybridized carbons (Fsp3) is 0.222. The van der Waals surface area contributed by atoms with Gasteiger partial charge in [-0.25, -0.2) is 9.37 Å². The molecule has 0 saturated heterocycles. The van der Waals surface area contributed by atoms with Crippen LogP contribution in [0.1, 0.15) is 33.7 Å². The fourth-order valence-electron chi connectivity index (χ4n) is 3.17. The Labute approximate surface area is 158 Å². The lowest BCUT2D eigenvalue weighted by Crippen LogP contribution is -2.21. The van der Waals surface area contributed by atoms with E-state index < -0.39 is 11.7 Å². The van der Waals surface area contributed by atoms with Gasteiger partial charge in [-0.1, -0.05) is 17.7 Å². The van der Waals surface area contributed by atoms with Crippen molar-refractivity contribution >= 4 is 23.3 Å². The normalized spacial score (nSPS) is 12.9. The van der Waals surface area contributed by atoms with E-state index in [2.05, 4.69) is 20.4 Å². The molecule has 0 spiro atoms. The minimum atomic E-state index is -0.730. The zero-order valence-electron chi connectivity index (χ0n) is 14.3. The predicted octanol–water partition coefficient (Wildman–Crippen LogP) is 2.80. The molecule has 0 saturated carbocycles. The lowest BCUT2D eigenvalue weighted by atomic mass is 10.2. The molecule has 27 heavy (non-hydrogen) atoms. The molecule has 0 bridgehead atoms. The molecule has 1 amide bonds. The zero-order valence-corrected chi connectivity index (χ0v) is 15.1. The van der Waals surface area contributed by atoms with Crippen molar-refractivity contribution in [3.63, 3.8) is 0 Å². The highest BCUT2D eigenvalue weighted by Gasteiger charge is 2.21. The van der Waals surface area contributed by atoms with Crippen molar-refractivity contribution < 1.29 is 9.18 Å². The van der Waals surface area contributed by atoms with E-state index in [4.69, 9.17) is 11.6 Å². The minimum Gasteiger partial charge on any atom is -0.306 e. The van der Waals surface area contributed by atoms with E-state index in [0.29, 0.717) is 17.7 Å². The van der Waals surface area contributed by atoms with Gasteiger partial charge in [0.05, 0.1) is 22.0 Å². The first-order chi connectivity index (χ1) is 12.9. The molecule has 0 aliphatic heterocycles. The Kier molecular flexibility index (Phi) is 4.27. The predicted molar refractivity (Wildman–Crippen MR) is 98.1 cm³/mol. The smallest absolute Gasteiger partial charge is 0.261 e. The lowest BCUT2D eigenvalue weighted by molar-refractivity contribution is 0.102. The number of halogens is 2. The summed E-state index contributed by atoms with van der Waals surface area (Å²) in [6.45, 7) is 1.73. The summed E-state index contributed by atoms with van der Waals surface area (Å²) in [5, 5.41) is 6.87. The first kappa shape index (κ1) is 17.4. The highest BCUT2D eigenvalue weighted by atomic mass is 35.5. The molecule has 2 aromatic heterocycles. The van der Waals surface area contributed by atoms with Gasteiger partial charge < -0.3 is 5.32 Å². The van der Waals surface area contributed by atoms with Crippen LogP contribution >= 0.6 is 11.6 Å². The van der Waals surface area contributed by atoms with Crippen molar-refractivity contribution in [2.24, 2.45) is 0 Å². The van der Waals surface area contributed by atoms with Crippen LogP contribution in [0.3, 0.4) is 0 Å². The molecule has 2 N–H and O–H groups in total. The summed E-state index contributed by atoms with van der Waals surface area (Å²) in [5.41, 5.74) is 1.53. The second-order valence-corrected chi connectivity index (χ2v) is 6.71. The Morgan fingerprint density at radius 1 is 1.37 bits per heavy atom. The fourth-order valence-corrected chi connectivity index (χ4v) is 3.42. The maximum Gasteiger partial charge on any atom is 0.261 e. The number of rotatable bonds is 3. The highest BCUT2D eigenvalue weighted by molar-refractivity contribution is 6.34. The highest BCUT2D eigenvalue weighted by Crippen LogP contribution is 2.22. The molecule has 0 radical (unpaired) electrons. The number of hydrogen-bond acceptors (Lipinski definition) is 4. The van der Waals surface area contributed by atoms with Gasteiger partial charge in [0, 0.05) is 11.6 Å². The second kappa shape index (κ2) is 6.62. The molecule has 4 rings (SSSR count). The zero-order chi connectivity index (χ0) is 19.1. The van der Waals surface area contributed by atoms with Gasteiger partial charge in [0.15, 0.2) is 0 Å². The van der Waals surface area contributed by atoms with E-state index in [9.17, 15) is 14.0 Å². The number of aryl methyl sites for hydroxylation is 2. The molecule has 0 unspecified atom stereocenters. The van der Waals surface area contributed by atoms with E-state index in [1.807, 2.05) is 0 Å². The number of nitrogens with zero attached hydrogens (tertiary/aromatic N) is 3. The van der Waals surface area contributed by atoms with Crippen LogP contribution in [0.5, 0.6) is 0 Å². The van der Waals surface area contributed by atoms with Crippen molar-refractivity contribution in [3.8, 4) is 5.95 Å². The van der Waals surface area contributed by atoms with Crippen molar-refractivity contribution in [1.82, 2.24) is 19.7 Å². The van der Waals surface area contributed by atoms with E-state index in [1.54, 1.807) is 13.0 Å². The van der Waals surface area contributed by atoms with Gasteiger partial charge in [0.1, 0.15) is 11.6 Å². The molecular weight excluding hydrogens is 373 g/mol. The number of H-pyrrole nitrogens is 1. The number of carbonyl (C=O) groups excluding carboxylic acids is 1. The number of amides is 1. The Morgan fingerprint density at radius 3 is 2.96 bits per heavy atom. The average molecular weight is 388 g/mol. The SMILES string of the molecule is Cc1cc(NC(=O)c2c(F)cccc2Cl)n(-c2nc3c(c(=O)[nH]2)CCC3)n1. The summed E-state index contributed by atoms with van der Waals surface area (Å²) < 4.78 is 15.3. The van der Waals surface area contributed by atoms with Gasteiger partial charge in [0.25, 0.3) is 11.5 Å². The quantitative estimate of drug-likeness (QED) is 0.722. The van der Waals surface area contributed by atoms with E-state index in [1.165, 1.54) is 16.8 Å². The molecule has 3 aromatic rings. The first-order valence-electron chi connectivity index (χ1n) is 8.38. The maximum absolute atomic E-state index is 14.0. The van der Waals surface area contributed by atoms with Gasteiger partial charge >= 0.3 is 0 Å². The third kappa shape index (κ3) is 3.12. The molecule has 1 aliphatic rings. The number of carbonyl (C=O) groups is 1. The van der Waals surface area contributed by atoms with Gasteiger partial charge in [-0.2, -0.15) is 9.78 Å². The van der Waals surface area contributed by atoms with Gasteiger partial charge in [-0.15, -0.1) is 0 Å². The number of benzene rings is 1. The van der Waals surface area contributed by atoms with Crippen molar-refractivity contribution in [2.75, 3.05) is 5.32 Å². The third-order valence-corrected chi connectivity index (χ3v) is 4.71. The third-order valence-electron chi connectivity index (χ3n) is 4.39. The Hall–Kier alpha value is -3.00. The molecule has 9 heteroatoms. The van der Waals surface area contributed by atoms with Crippen LogP contribution in [0.4, 0.5) is 10.2 Å². The topological polar surface area (TPSA) is 92.7 Å². The van der Waals surface area contributed by atoms with E-state index in [0.717, 1.165) is 24.6 Å². The summed E-state index contributed by atoms with van der Waals surface area (Å²) in [4.78, 5) is 32.0. The molecule has 2 heterocycles. The number of aromatic nitrogens is 4. The number of nitrogens with one attached hydrogen (secondary N) is 2. The summed E-state index contributed by atoms with van der Waals surface area (Å²) >= 11 is 5.95. The van der Waals surface area contributed by atoms with Crippen LogP contribution in [0.15, 0.2) is 29.1 Å². The molecule has 0 atom stereocenters. The number of hydrogen-bond donors (Lipinski definition) is 2. The standard InChI is InChI=1S/C18H15ClFN5O2/c1-9-8-14(22-17(27)15-11(19)5-3-6-12(15)20)25(24-9)18-21-13-7-2-4-10(13)16(26)23-18/h3,5-6,8H,2,4,7H2,1H3,(H,22,27)(H,21,23,26). The van der Waals surface area contributed by atoms with E-state index >= 15 is 0 Å². The van der Waals surface area contributed by atoms with Crippen LogP contribution in [0, 0.1) is 12.7 Å². The molecular formula is C18H15ClFN5O2. The molecule has 1 aromatic carbocycles. The van der Waals surface area contributed by atoms with Gasteiger partial charge in [-0.05, 0) is 38.3 Å². The van der Waals surface area contributed by atoms with Crippen LogP contribution in [-0.4, -0.2) is 25.7 Å². The number of anilines is 1. The van der Waals surface area contributed by atoms with Crippen molar-refractivity contribution in [1.29, 1.82) is 0 Å². The average Bonchev–Trinajstić information content (AvgIpc) is 3.21. The van der Waals surface area contributed by atoms with Gasteiger partial charge in [0.2, 0.25) is 5.95 Å². The molecule has 138 valence electrons. The number of aromatic amines is 1. The van der Waals surface area contributed by atoms with Crippen LogP contribution < -0.4 is 10.9 Å². The Morgan fingerprint density at radius 2 is 2.19 bits per heavy atom. The van der Waals surface area contributed by atoms with Crippen molar-refractivity contribution in [3.05, 3.63) is 68.0 Å². The maximum atomic E-state index is 14.0. The summed E-state index contributed by atoms with van der Waals surface area (Å²) in [6.07, 6.45) is 2.30. The van der Waals surface area contributed by atoms with Gasteiger partial charge in [-0.3, -0.25) is 14.6 Å². The summed E-state index contributed by atoms with van der Waals surface area (Å²) in [7, 11) is 0. The van der Waals surface area contributed by atoms with Crippen LogP contribution in [0.2, 0.25) is 5.02 Å². The Bertz CT molecular complexity index is 1100. The lowest BCUT2D eigenvalue weighted by Gasteiger charge is -2.10. The second-order valence-electron chi connectivity index (χ2n) is 6.30.